The van der Waals surface area contributed by atoms with Gasteiger partial charge in [-0.05, 0) is 13.8 Å². The largest absolute Gasteiger partial charge is 0.463 e. The van der Waals surface area contributed by atoms with E-state index in [1.165, 1.54) is 0 Å². The normalized spacial score (nSPS) is 16.7. The van der Waals surface area contributed by atoms with E-state index in [1.807, 2.05) is 0 Å². The number of ether oxygens (including phenoxy) is 2. The third kappa shape index (κ3) is 5.19. The average Bonchev–Trinajstić information content (AvgIpc) is 2.44. The van der Waals surface area contributed by atoms with Crippen LogP contribution in [0.1, 0.15) is 13.8 Å². The molecular weight excluding hydrogens is 425 g/mol. The Morgan fingerprint density at radius 1 is 0.769 bits per heavy atom. The Balaban J connectivity index is 5.68. The highest BCUT2D eigenvalue weighted by Crippen LogP contribution is 2.37. The van der Waals surface area contributed by atoms with Crippen LogP contribution in [-0.4, -0.2) is 53.5 Å². The molecule has 26 heavy (non-hydrogen) atoms. The fraction of sp³-hybridized carbons (Fsp3) is 0.727. The summed E-state index contributed by atoms with van der Waals surface area (Å²) in [5.74, 6) is -4.43. The Morgan fingerprint density at radius 2 is 1.04 bits per heavy atom. The molecule has 0 aromatic carbocycles. The second-order valence-electron chi connectivity index (χ2n) is 4.33. The predicted molar refractivity (Wildman–Crippen MR) is 74.2 cm³/mol. The van der Waals surface area contributed by atoms with Gasteiger partial charge in [-0.25, -0.2) is 14.4 Å². The maximum Gasteiger partial charge on any atom is 0.437 e. The Morgan fingerprint density at radius 3 is 1.23 bits per heavy atom. The molecule has 0 radical (unpaired) electrons. The lowest BCUT2D eigenvalue weighted by molar-refractivity contribution is -0.193. The predicted octanol–water partition coefficient (Wildman–Crippen LogP) is 2.41. The van der Waals surface area contributed by atoms with Crippen LogP contribution in [0.15, 0.2) is 0 Å². The number of hydrogen-bond donors (Lipinski definition) is 2. The van der Waals surface area contributed by atoms with Gasteiger partial charge >= 0.3 is 40.3 Å². The summed E-state index contributed by atoms with van der Waals surface area (Å²) in [7, 11) is 0. The molecule has 0 fully saturated rings. The number of alkyl halides is 8. The number of rotatable bonds is 6. The van der Waals surface area contributed by atoms with E-state index in [9.17, 15) is 40.7 Å². The molecule has 0 spiro atoms. The van der Waals surface area contributed by atoms with Crippen LogP contribution in [0.2, 0.25) is 0 Å². The summed E-state index contributed by atoms with van der Waals surface area (Å²) < 4.78 is 85.9. The molecule has 0 saturated carbocycles. The number of amides is 2. The van der Waals surface area contributed by atoms with Gasteiger partial charge in [-0.15, -0.1) is 0 Å². The Hall–Kier alpha value is -1.63. The van der Waals surface area contributed by atoms with Gasteiger partial charge in [-0.1, -0.05) is 23.2 Å². The molecular formula is C11H12Cl2F6N2O5. The van der Waals surface area contributed by atoms with E-state index < -0.39 is 53.5 Å². The smallest absolute Gasteiger partial charge is 0.437 e. The molecule has 2 N–H and O–H groups in total. The number of hydrogen-bond acceptors (Lipinski definition) is 5. The van der Waals surface area contributed by atoms with Crippen LogP contribution in [0.3, 0.4) is 0 Å². The first-order valence-corrected chi connectivity index (χ1v) is 7.28. The molecule has 0 heterocycles. The first kappa shape index (κ1) is 24.4. The second-order valence-corrected chi connectivity index (χ2v) is 5.47. The van der Waals surface area contributed by atoms with Crippen molar-refractivity contribution in [2.24, 2.45) is 0 Å². The summed E-state index contributed by atoms with van der Waals surface area (Å²) in [6.07, 6.45) is -11.3. The highest BCUT2D eigenvalue weighted by atomic mass is 35.5. The minimum atomic E-state index is -5.67. The van der Waals surface area contributed by atoms with Crippen LogP contribution in [0, 0.1) is 0 Å². The minimum absolute atomic E-state index is 0.586. The highest BCUT2D eigenvalue weighted by Gasteiger charge is 2.65. The fourth-order valence-electron chi connectivity index (χ4n) is 1.28. The zero-order valence-corrected chi connectivity index (χ0v) is 14.5. The van der Waals surface area contributed by atoms with Crippen LogP contribution in [-0.2, 0) is 19.1 Å². The first-order chi connectivity index (χ1) is 11.6. The quantitative estimate of drug-likeness (QED) is 0.288. The van der Waals surface area contributed by atoms with Gasteiger partial charge in [0.1, 0.15) is 0 Å². The van der Waals surface area contributed by atoms with Crippen molar-refractivity contribution in [1.82, 2.24) is 10.6 Å². The number of urea groups is 1. The van der Waals surface area contributed by atoms with Crippen LogP contribution < -0.4 is 10.6 Å². The maximum absolute atomic E-state index is 13.0. The number of esters is 2. The maximum atomic E-state index is 13.0. The van der Waals surface area contributed by atoms with Gasteiger partial charge in [0, 0.05) is 0 Å². The lowest BCUT2D eigenvalue weighted by atomic mass is 10.2. The Kier molecular flexibility index (Phi) is 7.85. The Bertz CT molecular complexity index is 512. The summed E-state index contributed by atoms with van der Waals surface area (Å²) >= 11 is 10.0. The first-order valence-electron chi connectivity index (χ1n) is 6.52. The molecule has 0 aliphatic rings. The molecule has 15 heteroatoms. The van der Waals surface area contributed by atoms with E-state index in [-0.39, 0.29) is 0 Å². The molecule has 0 aromatic rings. The van der Waals surface area contributed by atoms with E-state index in [1.54, 1.807) is 0 Å². The van der Waals surface area contributed by atoms with Gasteiger partial charge in [0.05, 0.1) is 13.2 Å². The van der Waals surface area contributed by atoms with Crippen LogP contribution in [0.4, 0.5) is 31.1 Å². The van der Waals surface area contributed by atoms with Crippen molar-refractivity contribution in [3.05, 3.63) is 0 Å². The van der Waals surface area contributed by atoms with Crippen LogP contribution in [0.25, 0.3) is 0 Å². The van der Waals surface area contributed by atoms with Crippen molar-refractivity contribution in [3.63, 3.8) is 0 Å². The van der Waals surface area contributed by atoms with Crippen molar-refractivity contribution in [2.45, 2.75) is 36.2 Å². The van der Waals surface area contributed by atoms with Crippen molar-refractivity contribution in [1.29, 1.82) is 0 Å². The summed E-state index contributed by atoms with van der Waals surface area (Å²) in [5, 5.41) is 1.53. The van der Waals surface area contributed by atoms with Gasteiger partial charge in [-0.2, -0.15) is 26.3 Å². The molecule has 2 amide bonds. The highest BCUT2D eigenvalue weighted by molar-refractivity contribution is 6.36. The third-order valence-corrected chi connectivity index (χ3v) is 3.39. The summed E-state index contributed by atoms with van der Waals surface area (Å²) in [6, 6.07) is -2.34. The molecule has 152 valence electrons. The van der Waals surface area contributed by atoms with Gasteiger partial charge in [-0.3, -0.25) is 0 Å². The van der Waals surface area contributed by atoms with Gasteiger partial charge < -0.3 is 20.1 Å². The van der Waals surface area contributed by atoms with Crippen molar-refractivity contribution in [3.8, 4) is 0 Å². The molecule has 0 aliphatic carbocycles. The van der Waals surface area contributed by atoms with E-state index in [4.69, 9.17) is 23.2 Å². The van der Waals surface area contributed by atoms with E-state index in [2.05, 4.69) is 9.47 Å². The standard InChI is InChI=1S/C11H12Cl2F6N2O5/c1-3-25-5(22)8(12,10(14,15)16)20-7(24)21-9(13,11(17,18)19)6(23)26-4-2/h3-4H2,1-2H3,(H2,20,21,24)/t8-,9-/m0/s1. The molecule has 7 nitrogen and oxygen atoms in total. The minimum Gasteiger partial charge on any atom is -0.463 e. The second kappa shape index (κ2) is 8.37. The van der Waals surface area contributed by atoms with Gasteiger partial charge in [0.25, 0.3) is 0 Å². The van der Waals surface area contributed by atoms with E-state index in [0.29, 0.717) is 0 Å². The number of carbonyl (C=O) groups excluding carboxylic acids is 3. The summed E-state index contributed by atoms with van der Waals surface area (Å²) in [5.41, 5.74) is 0. The summed E-state index contributed by atoms with van der Waals surface area (Å²) in [4.78, 5) is 25.9. The molecule has 0 unspecified atom stereocenters. The zero-order chi connectivity index (χ0) is 21.0. The Labute approximate surface area is 152 Å². The fourth-order valence-corrected chi connectivity index (χ4v) is 1.56. The lowest BCUT2D eigenvalue weighted by Crippen LogP contribution is -2.67. The van der Waals surface area contributed by atoms with Gasteiger partial charge in [0.2, 0.25) is 0 Å². The SMILES string of the molecule is CCOC(=O)[C@](Cl)(NC(=O)N[C@@](Cl)(C(=O)OCC)C(F)(F)F)C(F)(F)F. The molecule has 0 aliphatic heterocycles. The summed E-state index contributed by atoms with van der Waals surface area (Å²) in [6.45, 7) is 1.05. The zero-order valence-electron chi connectivity index (χ0n) is 13.0. The van der Waals surface area contributed by atoms with E-state index >= 15 is 0 Å². The number of halogens is 8. The topological polar surface area (TPSA) is 93.7 Å². The van der Waals surface area contributed by atoms with E-state index in [0.717, 1.165) is 24.5 Å². The van der Waals surface area contributed by atoms with Crippen LogP contribution in [0.5, 0.6) is 0 Å². The number of nitrogens with one attached hydrogen (secondary N) is 2. The van der Waals surface area contributed by atoms with Crippen LogP contribution >= 0.6 is 23.2 Å². The monoisotopic (exact) mass is 436 g/mol. The van der Waals surface area contributed by atoms with Crippen molar-refractivity contribution < 1.29 is 50.2 Å². The molecule has 0 bridgehead atoms. The van der Waals surface area contributed by atoms with Crippen molar-refractivity contribution in [2.75, 3.05) is 13.2 Å². The van der Waals surface area contributed by atoms with Crippen molar-refractivity contribution >= 4 is 41.2 Å². The molecule has 0 aromatic heterocycles. The molecule has 0 rings (SSSR count). The molecule has 2 atom stereocenters. The van der Waals surface area contributed by atoms with Gasteiger partial charge in [0.15, 0.2) is 0 Å². The lowest BCUT2D eigenvalue weighted by Gasteiger charge is -2.31. The third-order valence-electron chi connectivity index (χ3n) is 2.47. The molecule has 0 saturated heterocycles. The average molecular weight is 437 g/mol. The number of carbonyl (C=O) groups is 3.